The number of thiophene rings is 1. The molecule has 142 valence electrons. The molecule has 5 rings (SSSR count). The molecule has 0 saturated carbocycles. The zero-order valence-electron chi connectivity index (χ0n) is 15.1. The van der Waals surface area contributed by atoms with Crippen molar-refractivity contribution in [3.63, 3.8) is 0 Å². The number of aryl methyl sites for hydroxylation is 1. The highest BCUT2D eigenvalue weighted by atomic mass is 32.2. The zero-order valence-corrected chi connectivity index (χ0v) is 17.6. The molecule has 2 atom stereocenters. The largest absolute Gasteiger partial charge is 0.376 e. The van der Waals surface area contributed by atoms with Crippen LogP contribution in [0.15, 0.2) is 15.7 Å². The first-order chi connectivity index (χ1) is 13.3. The number of rotatable bonds is 5. The number of fused-ring (bicyclic) bond motifs is 3. The van der Waals surface area contributed by atoms with Crippen molar-refractivity contribution in [2.75, 3.05) is 18.5 Å². The molecule has 3 aromatic rings. The van der Waals surface area contributed by atoms with E-state index in [1.165, 1.54) is 22.2 Å². The molecule has 0 amide bonds. The fourth-order valence-corrected chi connectivity index (χ4v) is 6.94. The minimum Gasteiger partial charge on any atom is -0.376 e. The highest BCUT2D eigenvalue weighted by Gasteiger charge is 2.24. The number of nitrogens with one attached hydrogen (secondary N) is 1. The summed E-state index contributed by atoms with van der Waals surface area (Å²) in [5, 5.41) is 15.1. The SMILES string of the molecule is CC1CCc2c(sc3ncnc(Sc4nnc(NCC5CCCO5)s4)c23)C1. The molecule has 0 radical (unpaired) electrons. The summed E-state index contributed by atoms with van der Waals surface area (Å²) in [6.07, 6.45) is 7.77. The maximum Gasteiger partial charge on any atom is 0.206 e. The first-order valence-electron chi connectivity index (χ1n) is 9.38. The van der Waals surface area contributed by atoms with E-state index in [2.05, 4.69) is 32.4 Å². The number of anilines is 1. The third kappa shape index (κ3) is 3.70. The molecule has 1 aliphatic carbocycles. The predicted molar refractivity (Wildman–Crippen MR) is 110 cm³/mol. The van der Waals surface area contributed by atoms with Gasteiger partial charge < -0.3 is 10.1 Å². The van der Waals surface area contributed by atoms with E-state index in [0.717, 1.165) is 64.1 Å². The molecule has 6 nitrogen and oxygen atoms in total. The number of ether oxygens (including phenoxy) is 1. The van der Waals surface area contributed by atoms with Gasteiger partial charge in [0.15, 0.2) is 4.34 Å². The van der Waals surface area contributed by atoms with Crippen LogP contribution in [-0.2, 0) is 17.6 Å². The van der Waals surface area contributed by atoms with Gasteiger partial charge in [0.1, 0.15) is 16.2 Å². The van der Waals surface area contributed by atoms with Crippen molar-refractivity contribution in [1.29, 1.82) is 0 Å². The molecule has 1 fully saturated rings. The molecular formula is C18H21N5OS3. The molecule has 4 heterocycles. The van der Waals surface area contributed by atoms with Gasteiger partial charge in [-0.3, -0.25) is 0 Å². The van der Waals surface area contributed by atoms with E-state index < -0.39 is 0 Å². The van der Waals surface area contributed by atoms with Crippen molar-refractivity contribution in [3.05, 3.63) is 16.8 Å². The Balaban J connectivity index is 1.35. The molecule has 27 heavy (non-hydrogen) atoms. The molecular weight excluding hydrogens is 398 g/mol. The Hall–Kier alpha value is -1.29. The van der Waals surface area contributed by atoms with Crippen LogP contribution in [0.3, 0.4) is 0 Å². The first kappa shape index (κ1) is 17.8. The van der Waals surface area contributed by atoms with Gasteiger partial charge in [0.05, 0.1) is 6.10 Å². The minimum absolute atomic E-state index is 0.297. The first-order valence-corrected chi connectivity index (χ1v) is 11.8. The van der Waals surface area contributed by atoms with E-state index in [-0.39, 0.29) is 0 Å². The third-order valence-electron chi connectivity index (χ3n) is 5.15. The van der Waals surface area contributed by atoms with Crippen molar-refractivity contribution in [1.82, 2.24) is 20.2 Å². The van der Waals surface area contributed by atoms with Crippen LogP contribution < -0.4 is 5.32 Å². The van der Waals surface area contributed by atoms with Gasteiger partial charge in [0.2, 0.25) is 5.13 Å². The van der Waals surface area contributed by atoms with Crippen LogP contribution in [0, 0.1) is 5.92 Å². The summed E-state index contributed by atoms with van der Waals surface area (Å²) in [6.45, 7) is 4.01. The highest BCUT2D eigenvalue weighted by molar-refractivity contribution is 8.01. The molecule has 1 saturated heterocycles. The Labute approximate surface area is 170 Å². The Morgan fingerprint density at radius 2 is 2.22 bits per heavy atom. The topological polar surface area (TPSA) is 72.8 Å². The van der Waals surface area contributed by atoms with Crippen molar-refractivity contribution in [3.8, 4) is 0 Å². The molecule has 0 bridgehead atoms. The monoisotopic (exact) mass is 419 g/mol. The molecule has 9 heteroatoms. The highest BCUT2D eigenvalue weighted by Crippen LogP contribution is 2.42. The van der Waals surface area contributed by atoms with Crippen LogP contribution >= 0.6 is 34.4 Å². The number of aromatic nitrogens is 4. The van der Waals surface area contributed by atoms with Crippen LogP contribution in [0.1, 0.15) is 36.6 Å². The van der Waals surface area contributed by atoms with Crippen LogP contribution in [0.25, 0.3) is 10.2 Å². The molecule has 1 aliphatic heterocycles. The van der Waals surface area contributed by atoms with Gasteiger partial charge in [-0.15, -0.1) is 21.5 Å². The van der Waals surface area contributed by atoms with E-state index in [1.807, 2.05) is 11.3 Å². The zero-order chi connectivity index (χ0) is 18.2. The lowest BCUT2D eigenvalue weighted by Crippen LogP contribution is -2.18. The Bertz CT molecular complexity index is 950. The maximum atomic E-state index is 5.65. The fourth-order valence-electron chi connectivity index (χ4n) is 3.74. The minimum atomic E-state index is 0.297. The van der Waals surface area contributed by atoms with Crippen molar-refractivity contribution in [2.45, 2.75) is 54.5 Å². The summed E-state index contributed by atoms with van der Waals surface area (Å²) in [7, 11) is 0. The van der Waals surface area contributed by atoms with Gasteiger partial charge in [-0.2, -0.15) is 0 Å². The molecule has 0 spiro atoms. The molecule has 2 aliphatic rings. The Morgan fingerprint density at radius 3 is 3.11 bits per heavy atom. The van der Waals surface area contributed by atoms with Crippen LogP contribution in [0.4, 0.5) is 5.13 Å². The lowest BCUT2D eigenvalue weighted by molar-refractivity contribution is 0.120. The second-order valence-electron chi connectivity index (χ2n) is 7.20. The second kappa shape index (κ2) is 7.62. The molecule has 0 aromatic carbocycles. The van der Waals surface area contributed by atoms with Crippen LogP contribution in [-0.4, -0.2) is 39.4 Å². The predicted octanol–water partition coefficient (Wildman–Crippen LogP) is 4.41. The Morgan fingerprint density at radius 1 is 1.26 bits per heavy atom. The van der Waals surface area contributed by atoms with Gasteiger partial charge in [0, 0.05) is 23.4 Å². The third-order valence-corrected chi connectivity index (χ3v) is 8.25. The Kier molecular flexibility index (Phi) is 5.02. The second-order valence-corrected chi connectivity index (χ2v) is 10.5. The molecule has 1 N–H and O–H groups in total. The van der Waals surface area contributed by atoms with Crippen molar-refractivity contribution in [2.24, 2.45) is 5.92 Å². The molecule has 3 aromatic heterocycles. The van der Waals surface area contributed by atoms with Crippen LogP contribution in [0.2, 0.25) is 0 Å². The standard InChI is InChI=1S/C18H21N5OS3/c1-10-4-5-12-13(7-10)25-15-14(12)16(21-9-20-15)26-18-23-22-17(27-18)19-8-11-3-2-6-24-11/h9-11H,2-8H2,1H3,(H,19,22). The summed E-state index contributed by atoms with van der Waals surface area (Å²) >= 11 is 5.01. The number of hydrogen-bond acceptors (Lipinski definition) is 9. The number of hydrogen-bond donors (Lipinski definition) is 1. The normalized spacial score (nSPS) is 22.3. The average Bonchev–Trinajstić information content (AvgIpc) is 3.39. The van der Waals surface area contributed by atoms with E-state index in [9.17, 15) is 0 Å². The lowest BCUT2D eigenvalue weighted by atomic mass is 9.89. The quantitative estimate of drug-likeness (QED) is 0.614. The van der Waals surface area contributed by atoms with E-state index in [0.29, 0.717) is 6.10 Å². The van der Waals surface area contributed by atoms with Crippen molar-refractivity contribution >= 4 is 49.8 Å². The lowest BCUT2D eigenvalue weighted by Gasteiger charge is -2.17. The van der Waals surface area contributed by atoms with Gasteiger partial charge in [0.25, 0.3) is 0 Å². The van der Waals surface area contributed by atoms with E-state index in [4.69, 9.17) is 4.74 Å². The van der Waals surface area contributed by atoms with Gasteiger partial charge in [-0.1, -0.05) is 18.3 Å². The maximum absolute atomic E-state index is 5.65. The smallest absolute Gasteiger partial charge is 0.206 e. The fraction of sp³-hybridized carbons (Fsp3) is 0.556. The van der Waals surface area contributed by atoms with E-state index in [1.54, 1.807) is 29.4 Å². The van der Waals surface area contributed by atoms with Gasteiger partial charge in [-0.05, 0) is 55.3 Å². The van der Waals surface area contributed by atoms with Crippen molar-refractivity contribution < 1.29 is 4.74 Å². The van der Waals surface area contributed by atoms with Crippen LogP contribution in [0.5, 0.6) is 0 Å². The van der Waals surface area contributed by atoms with Gasteiger partial charge >= 0.3 is 0 Å². The summed E-state index contributed by atoms with van der Waals surface area (Å²) in [5.74, 6) is 0.760. The van der Waals surface area contributed by atoms with Gasteiger partial charge in [-0.25, -0.2) is 9.97 Å². The average molecular weight is 420 g/mol. The summed E-state index contributed by atoms with van der Waals surface area (Å²) in [5.41, 5.74) is 1.46. The summed E-state index contributed by atoms with van der Waals surface area (Å²) in [4.78, 5) is 11.7. The van der Waals surface area contributed by atoms with E-state index >= 15 is 0 Å². The molecule has 2 unspecified atom stereocenters. The summed E-state index contributed by atoms with van der Waals surface area (Å²) < 4.78 is 6.56. The number of nitrogens with zero attached hydrogens (tertiary/aromatic N) is 4. The summed E-state index contributed by atoms with van der Waals surface area (Å²) in [6, 6.07) is 0.